The van der Waals surface area contributed by atoms with Crippen LogP contribution in [0.4, 0.5) is 5.69 Å². The maximum absolute atomic E-state index is 12.1. The highest BCUT2D eigenvalue weighted by molar-refractivity contribution is 7.99. The van der Waals surface area contributed by atoms with Gasteiger partial charge in [0.05, 0.1) is 0 Å². The van der Waals surface area contributed by atoms with Crippen molar-refractivity contribution in [2.75, 3.05) is 24.3 Å². The molecule has 3 nitrogen and oxygen atoms in total. The summed E-state index contributed by atoms with van der Waals surface area (Å²) in [6, 6.07) is 7.71. The molecular formula is C13H18N2OS. The fraction of sp³-hybridized carbons (Fsp3) is 0.462. The molecule has 0 aromatic heterocycles. The number of rotatable bonds is 3. The number of nitrogen functional groups attached to an aromatic ring is 1. The molecule has 92 valence electrons. The van der Waals surface area contributed by atoms with Crippen molar-refractivity contribution >= 4 is 23.4 Å². The van der Waals surface area contributed by atoms with Crippen LogP contribution in [0.2, 0.25) is 0 Å². The van der Waals surface area contributed by atoms with Crippen molar-refractivity contribution in [1.82, 2.24) is 4.90 Å². The third-order valence-corrected chi connectivity index (χ3v) is 4.19. The predicted molar refractivity (Wildman–Crippen MR) is 72.8 cm³/mol. The van der Waals surface area contributed by atoms with Gasteiger partial charge in [0.2, 0.25) is 5.91 Å². The van der Waals surface area contributed by atoms with Crippen LogP contribution < -0.4 is 5.73 Å². The zero-order valence-electron chi connectivity index (χ0n) is 10.1. The maximum Gasteiger partial charge on any atom is 0.226 e. The number of nitrogens with zero attached hydrogens (tertiary/aromatic N) is 1. The van der Waals surface area contributed by atoms with Gasteiger partial charge in [0.25, 0.3) is 0 Å². The summed E-state index contributed by atoms with van der Waals surface area (Å²) in [5.41, 5.74) is 7.56. The molecule has 4 heteroatoms. The molecule has 0 radical (unpaired) electrons. The van der Waals surface area contributed by atoms with E-state index in [1.165, 1.54) is 0 Å². The second-order valence-corrected chi connectivity index (χ2v) is 5.65. The quantitative estimate of drug-likeness (QED) is 0.834. The van der Waals surface area contributed by atoms with Crippen molar-refractivity contribution < 1.29 is 4.79 Å². The van der Waals surface area contributed by atoms with Gasteiger partial charge in [-0.1, -0.05) is 12.1 Å². The molecule has 0 aliphatic carbocycles. The lowest BCUT2D eigenvalue weighted by atomic mass is 10.1. The molecule has 1 aromatic carbocycles. The summed E-state index contributed by atoms with van der Waals surface area (Å²) < 4.78 is 0. The number of hydrogen-bond donors (Lipinski definition) is 1. The number of thioether (sulfide) groups is 1. The zero-order chi connectivity index (χ0) is 12.3. The lowest BCUT2D eigenvalue weighted by Crippen LogP contribution is -2.32. The average molecular weight is 250 g/mol. The Labute approximate surface area is 106 Å². The van der Waals surface area contributed by atoms with Crippen LogP contribution in [-0.4, -0.2) is 29.4 Å². The monoisotopic (exact) mass is 250 g/mol. The fourth-order valence-corrected chi connectivity index (χ4v) is 3.30. The largest absolute Gasteiger partial charge is 0.399 e. The van der Waals surface area contributed by atoms with Crippen LogP contribution in [0.3, 0.4) is 0 Å². The van der Waals surface area contributed by atoms with Crippen molar-refractivity contribution in [3.63, 3.8) is 0 Å². The van der Waals surface area contributed by atoms with Gasteiger partial charge >= 0.3 is 0 Å². The van der Waals surface area contributed by atoms with Crippen molar-refractivity contribution in [1.29, 1.82) is 0 Å². The summed E-state index contributed by atoms with van der Waals surface area (Å²) in [4.78, 5) is 13.9. The third-order valence-electron chi connectivity index (χ3n) is 3.03. The molecule has 1 atom stereocenters. The summed E-state index contributed by atoms with van der Waals surface area (Å²) in [6.45, 7) is 0.644. The van der Waals surface area contributed by atoms with Gasteiger partial charge in [0, 0.05) is 31.0 Å². The number of anilines is 1. The maximum atomic E-state index is 12.1. The van der Waals surface area contributed by atoms with Crippen molar-refractivity contribution in [2.45, 2.75) is 13.0 Å². The van der Waals surface area contributed by atoms with E-state index in [1.54, 1.807) is 0 Å². The standard InChI is InChI=1S/C13H18N2OS/c1-15(13(16)11-5-6-17-9-11)8-10-3-2-4-12(14)7-10/h2-4,7,11H,5-6,8-9,14H2,1H3. The highest BCUT2D eigenvalue weighted by Crippen LogP contribution is 2.25. The van der Waals surface area contributed by atoms with Gasteiger partial charge in [-0.25, -0.2) is 0 Å². The molecule has 0 bridgehead atoms. The summed E-state index contributed by atoms with van der Waals surface area (Å²) in [7, 11) is 1.87. The molecule has 1 aromatic rings. The van der Waals surface area contributed by atoms with Gasteiger partial charge in [-0.15, -0.1) is 0 Å². The molecule has 0 spiro atoms. The first-order valence-corrected chi connectivity index (χ1v) is 6.99. The summed E-state index contributed by atoms with van der Waals surface area (Å²) in [5, 5.41) is 0. The number of carbonyl (C=O) groups is 1. The van der Waals surface area contributed by atoms with Crippen LogP contribution in [0.5, 0.6) is 0 Å². The van der Waals surface area contributed by atoms with Crippen molar-refractivity contribution in [3.8, 4) is 0 Å². The van der Waals surface area contributed by atoms with Gasteiger partial charge in [0.1, 0.15) is 0 Å². The van der Waals surface area contributed by atoms with Crippen LogP contribution >= 0.6 is 11.8 Å². The Balaban J connectivity index is 1.96. The number of nitrogens with two attached hydrogens (primary N) is 1. The topological polar surface area (TPSA) is 46.3 Å². The number of hydrogen-bond acceptors (Lipinski definition) is 3. The Morgan fingerprint density at radius 2 is 2.41 bits per heavy atom. The van der Waals surface area contributed by atoms with Gasteiger partial charge in [-0.05, 0) is 29.9 Å². The second-order valence-electron chi connectivity index (χ2n) is 4.50. The van der Waals surface area contributed by atoms with Crippen LogP contribution in [-0.2, 0) is 11.3 Å². The molecule has 2 rings (SSSR count). The van der Waals surface area contributed by atoms with Crippen molar-refractivity contribution in [2.24, 2.45) is 5.92 Å². The van der Waals surface area contributed by atoms with E-state index in [9.17, 15) is 4.79 Å². The number of benzene rings is 1. The van der Waals surface area contributed by atoms with E-state index in [4.69, 9.17) is 5.73 Å². The lowest BCUT2D eigenvalue weighted by Gasteiger charge is -2.20. The Morgan fingerprint density at radius 1 is 1.59 bits per heavy atom. The van der Waals surface area contributed by atoms with Crippen LogP contribution in [0, 0.1) is 5.92 Å². The lowest BCUT2D eigenvalue weighted by molar-refractivity contribution is -0.133. The molecule has 0 saturated carbocycles. The van der Waals surface area contributed by atoms with Crippen LogP contribution in [0.15, 0.2) is 24.3 Å². The molecular weight excluding hydrogens is 232 g/mol. The molecule has 1 amide bonds. The molecule has 1 fully saturated rings. The highest BCUT2D eigenvalue weighted by atomic mass is 32.2. The molecule has 1 heterocycles. The molecule has 1 aliphatic heterocycles. The summed E-state index contributed by atoms with van der Waals surface area (Å²) in [6.07, 6.45) is 1.02. The van der Waals surface area contributed by atoms with E-state index in [0.717, 1.165) is 29.2 Å². The summed E-state index contributed by atoms with van der Waals surface area (Å²) >= 11 is 1.87. The van der Waals surface area contributed by atoms with E-state index in [0.29, 0.717) is 6.54 Å². The fourth-order valence-electron chi connectivity index (χ4n) is 2.08. The van der Waals surface area contributed by atoms with Gasteiger partial charge in [-0.2, -0.15) is 11.8 Å². The molecule has 2 N–H and O–H groups in total. The van der Waals surface area contributed by atoms with E-state index in [1.807, 2.05) is 48.0 Å². The van der Waals surface area contributed by atoms with E-state index < -0.39 is 0 Å². The van der Waals surface area contributed by atoms with E-state index in [2.05, 4.69) is 0 Å². The predicted octanol–water partition coefficient (Wildman–Crippen LogP) is 1.98. The van der Waals surface area contributed by atoms with Gasteiger partial charge in [0.15, 0.2) is 0 Å². The zero-order valence-corrected chi connectivity index (χ0v) is 10.9. The van der Waals surface area contributed by atoms with E-state index in [-0.39, 0.29) is 11.8 Å². The molecule has 1 unspecified atom stereocenters. The Hall–Kier alpha value is -1.16. The summed E-state index contributed by atoms with van der Waals surface area (Å²) in [5.74, 6) is 2.56. The Kier molecular flexibility index (Phi) is 3.94. The van der Waals surface area contributed by atoms with Crippen LogP contribution in [0.25, 0.3) is 0 Å². The molecule has 17 heavy (non-hydrogen) atoms. The third kappa shape index (κ3) is 3.16. The smallest absolute Gasteiger partial charge is 0.226 e. The minimum absolute atomic E-state index is 0.214. The minimum Gasteiger partial charge on any atom is -0.399 e. The average Bonchev–Trinajstić information content (AvgIpc) is 2.81. The van der Waals surface area contributed by atoms with Gasteiger partial charge in [-0.3, -0.25) is 4.79 Å². The first-order valence-electron chi connectivity index (χ1n) is 5.84. The molecule has 1 saturated heterocycles. The van der Waals surface area contributed by atoms with E-state index >= 15 is 0 Å². The first kappa shape index (κ1) is 12.3. The SMILES string of the molecule is CN(Cc1cccc(N)c1)C(=O)C1CCSC1. The van der Waals surface area contributed by atoms with Crippen molar-refractivity contribution in [3.05, 3.63) is 29.8 Å². The Morgan fingerprint density at radius 3 is 3.06 bits per heavy atom. The second kappa shape index (κ2) is 5.45. The molecule has 1 aliphatic rings. The Bertz CT molecular complexity index is 402. The van der Waals surface area contributed by atoms with Gasteiger partial charge < -0.3 is 10.6 Å². The normalized spacial score (nSPS) is 19.2. The first-order chi connectivity index (χ1) is 8.16. The number of carbonyl (C=O) groups excluding carboxylic acids is 1. The highest BCUT2D eigenvalue weighted by Gasteiger charge is 2.25. The van der Waals surface area contributed by atoms with Crippen LogP contribution in [0.1, 0.15) is 12.0 Å². The number of amides is 1. The minimum atomic E-state index is 0.214.